The van der Waals surface area contributed by atoms with Crippen LogP contribution in [0, 0.1) is 18.3 Å². The molecule has 2 heterocycles. The molecule has 1 aliphatic rings. The Morgan fingerprint density at radius 1 is 1.12 bits per heavy atom. The van der Waals surface area contributed by atoms with Crippen molar-refractivity contribution in [1.29, 1.82) is 0 Å². The van der Waals surface area contributed by atoms with E-state index in [4.69, 9.17) is 9.72 Å². The van der Waals surface area contributed by atoms with E-state index >= 15 is 0 Å². The summed E-state index contributed by atoms with van der Waals surface area (Å²) >= 11 is 3.51. The van der Waals surface area contributed by atoms with Crippen molar-refractivity contribution in [3.63, 3.8) is 0 Å². The first kappa shape index (κ1) is 21.8. The molecule has 0 amide bonds. The van der Waals surface area contributed by atoms with Crippen LogP contribution in [0.5, 0.6) is 5.75 Å². The third-order valence-electron chi connectivity index (χ3n) is 6.59. The number of imidazole rings is 1. The van der Waals surface area contributed by atoms with Gasteiger partial charge in [0, 0.05) is 35.1 Å². The fourth-order valence-electron chi connectivity index (χ4n) is 4.47. The van der Waals surface area contributed by atoms with Gasteiger partial charge in [0.25, 0.3) is 0 Å². The van der Waals surface area contributed by atoms with Gasteiger partial charge in [-0.15, -0.1) is 0 Å². The molecule has 1 saturated carbocycles. The van der Waals surface area contributed by atoms with E-state index in [1.54, 1.807) is 0 Å². The van der Waals surface area contributed by atoms with E-state index in [9.17, 15) is 4.79 Å². The molecule has 5 nitrogen and oxygen atoms in total. The summed E-state index contributed by atoms with van der Waals surface area (Å²) in [6, 6.07) is 18.3. The molecule has 0 N–H and O–H groups in total. The van der Waals surface area contributed by atoms with Crippen molar-refractivity contribution < 1.29 is 9.53 Å². The maximum Gasteiger partial charge on any atom is 0.203 e. The average molecular weight is 503 g/mol. The highest BCUT2D eigenvalue weighted by molar-refractivity contribution is 9.10. The Bertz CT molecular complexity index is 1310. The smallest absolute Gasteiger partial charge is 0.203 e. The van der Waals surface area contributed by atoms with Crippen LogP contribution in [0.25, 0.3) is 11.0 Å². The van der Waals surface area contributed by atoms with Crippen molar-refractivity contribution >= 4 is 33.2 Å². The minimum atomic E-state index is -0.142. The van der Waals surface area contributed by atoms with Crippen LogP contribution in [0.4, 0.5) is 0 Å². The molecular formula is C27H25BrN3O2. The zero-order valence-electron chi connectivity index (χ0n) is 18.9. The Morgan fingerprint density at radius 3 is 2.58 bits per heavy atom. The Morgan fingerprint density at radius 2 is 1.91 bits per heavy atom. The van der Waals surface area contributed by atoms with Gasteiger partial charge in [-0.2, -0.15) is 0 Å². The molecule has 1 radical (unpaired) electrons. The number of benzene rings is 2. The molecule has 5 rings (SSSR count). The molecule has 0 saturated heterocycles. The first-order valence-electron chi connectivity index (χ1n) is 11.0. The third-order valence-corrected chi connectivity index (χ3v) is 7.12. The maximum absolute atomic E-state index is 11.6. The van der Waals surface area contributed by atoms with Crippen molar-refractivity contribution in [2.45, 2.75) is 39.8 Å². The Kier molecular flexibility index (Phi) is 5.57. The predicted octanol–water partition coefficient (Wildman–Crippen LogP) is 5.98. The first-order chi connectivity index (χ1) is 15.9. The highest BCUT2D eigenvalue weighted by Gasteiger charge is 2.61. The van der Waals surface area contributed by atoms with Crippen LogP contribution in [-0.4, -0.2) is 20.8 Å². The van der Waals surface area contributed by atoms with Crippen LogP contribution >= 0.6 is 15.9 Å². The van der Waals surface area contributed by atoms with Gasteiger partial charge in [0.1, 0.15) is 18.2 Å². The number of hydrogen-bond acceptors (Lipinski definition) is 4. The number of halogens is 1. The van der Waals surface area contributed by atoms with Crippen LogP contribution in [-0.2, 0) is 17.9 Å². The van der Waals surface area contributed by atoms with Gasteiger partial charge in [-0.05, 0) is 53.8 Å². The molecule has 0 aliphatic heterocycles. The summed E-state index contributed by atoms with van der Waals surface area (Å²) in [7, 11) is 0. The van der Waals surface area contributed by atoms with Gasteiger partial charge >= 0.3 is 0 Å². The van der Waals surface area contributed by atoms with Crippen LogP contribution in [0.3, 0.4) is 0 Å². The summed E-state index contributed by atoms with van der Waals surface area (Å²) < 4.78 is 9.32. The normalized spacial score (nSPS) is 18.9. The number of aromatic nitrogens is 3. The maximum atomic E-state index is 11.6. The Labute approximate surface area is 202 Å². The number of rotatable bonds is 7. The number of pyridine rings is 1. The molecule has 0 bridgehead atoms. The third kappa shape index (κ3) is 4.20. The zero-order valence-corrected chi connectivity index (χ0v) is 20.5. The largest absolute Gasteiger partial charge is 0.487 e. The van der Waals surface area contributed by atoms with Crippen molar-refractivity contribution in [2.75, 3.05) is 0 Å². The van der Waals surface area contributed by atoms with E-state index in [1.807, 2.05) is 55.6 Å². The highest BCUT2D eigenvalue weighted by atomic mass is 79.9. The second kappa shape index (κ2) is 8.41. The van der Waals surface area contributed by atoms with Crippen molar-refractivity contribution in [3.8, 4) is 5.75 Å². The van der Waals surface area contributed by atoms with Gasteiger partial charge in [-0.3, -0.25) is 9.78 Å². The standard InChI is InChI=1S/C27H25BrN3O2/c1-17-4-9-20(29-13-17)16-33-21-10-11-23-24(12-21)31(14-18-5-7-19(28)8-6-18)26(30-23)25-22(15-32)27(25,2)3/h4-13,22,25H,14,16H2,1-3H3. The molecule has 4 aromatic rings. The fraction of sp³-hybridized carbons (Fsp3) is 0.296. The van der Waals surface area contributed by atoms with Gasteiger partial charge in [-0.25, -0.2) is 4.98 Å². The zero-order chi connectivity index (χ0) is 23.2. The van der Waals surface area contributed by atoms with Gasteiger partial charge in [0.05, 0.1) is 16.7 Å². The number of fused-ring (bicyclic) bond motifs is 1. The second-order valence-electron chi connectivity index (χ2n) is 9.34. The molecular weight excluding hydrogens is 478 g/mol. The second-order valence-corrected chi connectivity index (χ2v) is 10.3. The molecule has 1 fully saturated rings. The first-order valence-corrected chi connectivity index (χ1v) is 11.8. The van der Waals surface area contributed by atoms with E-state index in [0.717, 1.165) is 38.3 Å². The minimum Gasteiger partial charge on any atom is -0.487 e. The van der Waals surface area contributed by atoms with Gasteiger partial charge in [0.2, 0.25) is 6.29 Å². The lowest BCUT2D eigenvalue weighted by Crippen LogP contribution is -2.06. The number of hydrogen-bond donors (Lipinski definition) is 0. The molecule has 0 spiro atoms. The van der Waals surface area contributed by atoms with E-state index in [-0.39, 0.29) is 17.3 Å². The molecule has 6 heteroatoms. The number of carbonyl (C=O) groups excluding carboxylic acids is 1. The van der Waals surface area contributed by atoms with Crippen LogP contribution in [0.1, 0.15) is 42.4 Å². The summed E-state index contributed by atoms with van der Waals surface area (Å²) in [5.74, 6) is 1.62. The molecule has 167 valence electrons. The molecule has 33 heavy (non-hydrogen) atoms. The van der Waals surface area contributed by atoms with Crippen LogP contribution in [0.2, 0.25) is 0 Å². The quantitative estimate of drug-likeness (QED) is 0.312. The topological polar surface area (TPSA) is 57.0 Å². The van der Waals surface area contributed by atoms with Crippen molar-refractivity contribution in [3.05, 3.63) is 87.9 Å². The minimum absolute atomic E-state index is 0.0546. The van der Waals surface area contributed by atoms with Gasteiger partial charge < -0.3 is 9.30 Å². The Hall–Kier alpha value is -2.99. The van der Waals surface area contributed by atoms with Gasteiger partial charge in [0.15, 0.2) is 0 Å². The van der Waals surface area contributed by atoms with Crippen molar-refractivity contribution in [2.24, 2.45) is 11.3 Å². The molecule has 2 aromatic heterocycles. The van der Waals surface area contributed by atoms with E-state index < -0.39 is 0 Å². The summed E-state index contributed by atoms with van der Waals surface area (Å²) in [4.78, 5) is 21.0. The lowest BCUT2D eigenvalue weighted by Gasteiger charge is -2.12. The molecule has 2 atom stereocenters. The van der Waals surface area contributed by atoms with Crippen LogP contribution < -0.4 is 4.74 Å². The Balaban J connectivity index is 1.51. The SMILES string of the molecule is Cc1ccc(COc2ccc3nc(C4C([C]=O)C4(C)C)n(Cc4ccc(Br)cc4)c3c2)nc1. The number of aryl methyl sites for hydroxylation is 1. The lowest BCUT2D eigenvalue weighted by atomic mass is 10.1. The van der Waals surface area contributed by atoms with Gasteiger partial charge in [-0.1, -0.05) is 48.0 Å². The van der Waals surface area contributed by atoms with Crippen molar-refractivity contribution in [1.82, 2.24) is 14.5 Å². The fourth-order valence-corrected chi connectivity index (χ4v) is 4.73. The molecule has 2 unspecified atom stereocenters. The molecule has 1 aliphatic carbocycles. The van der Waals surface area contributed by atoms with E-state index in [2.05, 4.69) is 57.7 Å². The average Bonchev–Trinajstić information content (AvgIpc) is 3.19. The summed E-state index contributed by atoms with van der Waals surface area (Å²) in [6.45, 7) is 7.31. The number of ether oxygens (including phenoxy) is 1. The summed E-state index contributed by atoms with van der Waals surface area (Å²) in [6.07, 6.45) is 4.08. The van der Waals surface area contributed by atoms with E-state index in [0.29, 0.717) is 13.2 Å². The summed E-state index contributed by atoms with van der Waals surface area (Å²) in [5, 5.41) is 0. The van der Waals surface area contributed by atoms with E-state index in [1.165, 1.54) is 5.56 Å². The number of nitrogens with zero attached hydrogens (tertiary/aromatic N) is 3. The highest BCUT2D eigenvalue weighted by Crippen LogP contribution is 2.63. The summed E-state index contributed by atoms with van der Waals surface area (Å²) in [5.41, 5.74) is 4.92. The molecule has 2 aromatic carbocycles. The lowest BCUT2D eigenvalue weighted by molar-refractivity contribution is 0.301. The van der Waals surface area contributed by atoms with Crippen LogP contribution in [0.15, 0.2) is 65.3 Å². The predicted molar refractivity (Wildman–Crippen MR) is 132 cm³/mol. The monoisotopic (exact) mass is 502 g/mol.